The summed E-state index contributed by atoms with van der Waals surface area (Å²) < 4.78 is 0. The molecule has 1 atom stereocenters. The fourth-order valence-corrected chi connectivity index (χ4v) is 3.63. The molecule has 0 spiro atoms. The summed E-state index contributed by atoms with van der Waals surface area (Å²) in [6, 6.07) is 0. The molecule has 1 fully saturated rings. The first-order chi connectivity index (χ1) is 8.31. The van der Waals surface area contributed by atoms with E-state index < -0.39 is 5.54 Å². The third kappa shape index (κ3) is 3.48. The Morgan fingerprint density at radius 1 is 0.947 bits per heavy atom. The first-order valence-electron chi connectivity index (χ1n) is 7.11. The smallest absolute Gasteiger partial charge is 0.238 e. The molecule has 112 valence electrons. The van der Waals surface area contributed by atoms with Crippen molar-refractivity contribution in [2.75, 3.05) is 13.1 Å². The van der Waals surface area contributed by atoms with E-state index in [9.17, 15) is 4.79 Å². The highest BCUT2D eigenvalue weighted by atomic mass is 16.1. The van der Waals surface area contributed by atoms with Crippen LogP contribution in [-0.2, 0) is 4.79 Å². The summed E-state index contributed by atoms with van der Waals surface area (Å²) in [5.74, 6) is -0.386. The summed E-state index contributed by atoms with van der Waals surface area (Å²) in [5, 5.41) is 3.51. The topological polar surface area (TPSA) is 81.1 Å². The minimum absolute atomic E-state index is 0.0541. The van der Waals surface area contributed by atoms with Gasteiger partial charge in [0.25, 0.3) is 0 Å². The van der Waals surface area contributed by atoms with Crippen molar-refractivity contribution in [1.29, 1.82) is 0 Å². The predicted octanol–water partition coefficient (Wildman–Crippen LogP) is 1.63. The van der Waals surface area contributed by atoms with E-state index in [0.717, 1.165) is 19.5 Å². The van der Waals surface area contributed by atoms with Crippen molar-refractivity contribution in [2.24, 2.45) is 27.7 Å². The number of carbonyl (C=O) groups excluding carboxylic acids is 1. The van der Waals surface area contributed by atoms with E-state index in [0.29, 0.717) is 6.42 Å². The molecule has 0 aromatic carbocycles. The van der Waals surface area contributed by atoms with Crippen molar-refractivity contribution in [3.05, 3.63) is 0 Å². The average Bonchev–Trinajstić information content (AvgIpc) is 2.13. The lowest BCUT2D eigenvalue weighted by atomic mass is 9.60. The normalized spacial score (nSPS) is 33.8. The number of primary amides is 1. The SMILES string of the molecule is CC1(C)CNCC(C)(C)CC(N)(C(N)=O)C(C)(C)C1. The molecule has 1 unspecified atom stereocenters. The number of nitrogens with one attached hydrogen (secondary N) is 1. The molecule has 5 N–H and O–H groups in total. The van der Waals surface area contributed by atoms with Gasteiger partial charge in [0, 0.05) is 13.1 Å². The summed E-state index contributed by atoms with van der Waals surface area (Å²) in [5.41, 5.74) is 10.9. The van der Waals surface area contributed by atoms with E-state index in [1.807, 2.05) is 0 Å². The number of hydrogen-bond acceptors (Lipinski definition) is 3. The van der Waals surface area contributed by atoms with Gasteiger partial charge in [-0.15, -0.1) is 0 Å². The van der Waals surface area contributed by atoms with Gasteiger partial charge >= 0.3 is 0 Å². The molecule has 0 radical (unpaired) electrons. The zero-order chi connectivity index (χ0) is 15.1. The Balaban J connectivity index is 3.26. The quantitative estimate of drug-likeness (QED) is 0.677. The van der Waals surface area contributed by atoms with Crippen molar-refractivity contribution in [1.82, 2.24) is 5.32 Å². The lowest BCUT2D eigenvalue weighted by molar-refractivity contribution is -0.129. The minimum Gasteiger partial charge on any atom is -0.368 e. The van der Waals surface area contributed by atoms with Crippen LogP contribution in [-0.4, -0.2) is 24.5 Å². The van der Waals surface area contributed by atoms with Crippen molar-refractivity contribution in [3.8, 4) is 0 Å². The van der Waals surface area contributed by atoms with Crippen LogP contribution in [0.1, 0.15) is 54.4 Å². The zero-order valence-corrected chi connectivity index (χ0v) is 13.4. The van der Waals surface area contributed by atoms with Gasteiger partial charge in [-0.05, 0) is 29.1 Å². The van der Waals surface area contributed by atoms with E-state index in [2.05, 4.69) is 46.9 Å². The van der Waals surface area contributed by atoms with E-state index in [4.69, 9.17) is 11.5 Å². The molecule has 4 nitrogen and oxygen atoms in total. The Kier molecular flexibility index (Phi) is 4.10. The van der Waals surface area contributed by atoms with Crippen LogP contribution >= 0.6 is 0 Å². The van der Waals surface area contributed by atoms with Gasteiger partial charge in [-0.2, -0.15) is 0 Å². The Hall–Kier alpha value is -0.610. The van der Waals surface area contributed by atoms with E-state index in [1.54, 1.807) is 0 Å². The number of rotatable bonds is 1. The summed E-state index contributed by atoms with van der Waals surface area (Å²) in [6.45, 7) is 14.6. The van der Waals surface area contributed by atoms with Crippen LogP contribution in [0, 0.1) is 16.2 Å². The van der Waals surface area contributed by atoms with E-state index in [1.165, 1.54) is 0 Å². The van der Waals surface area contributed by atoms with Gasteiger partial charge in [-0.1, -0.05) is 41.5 Å². The molecule has 1 amide bonds. The summed E-state index contributed by atoms with van der Waals surface area (Å²) >= 11 is 0. The first-order valence-corrected chi connectivity index (χ1v) is 7.11. The number of nitrogens with two attached hydrogens (primary N) is 2. The highest BCUT2D eigenvalue weighted by molar-refractivity contribution is 5.85. The number of hydrogen-bond donors (Lipinski definition) is 3. The summed E-state index contributed by atoms with van der Waals surface area (Å²) in [4.78, 5) is 12.0. The fraction of sp³-hybridized carbons (Fsp3) is 0.933. The van der Waals surface area contributed by atoms with E-state index >= 15 is 0 Å². The van der Waals surface area contributed by atoms with Crippen LogP contribution in [0.3, 0.4) is 0 Å². The molecule has 0 aromatic rings. The minimum atomic E-state index is -0.972. The monoisotopic (exact) mass is 269 g/mol. The molecular weight excluding hydrogens is 238 g/mol. The molecule has 1 rings (SSSR count). The van der Waals surface area contributed by atoms with Crippen molar-refractivity contribution >= 4 is 5.91 Å². The maximum atomic E-state index is 12.0. The van der Waals surface area contributed by atoms with Crippen molar-refractivity contribution in [2.45, 2.75) is 59.9 Å². The first kappa shape index (κ1) is 16.4. The van der Waals surface area contributed by atoms with Gasteiger partial charge in [-0.25, -0.2) is 0 Å². The van der Waals surface area contributed by atoms with Gasteiger partial charge in [-0.3, -0.25) is 4.79 Å². The van der Waals surface area contributed by atoms with E-state index in [-0.39, 0.29) is 22.2 Å². The molecule has 0 aromatic heterocycles. The molecule has 0 aliphatic carbocycles. The standard InChI is InChI=1S/C15H31N3O/c1-12(2)7-14(5,6)15(17,11(16)19)8-13(3,4)10-18-9-12/h18H,7-10,17H2,1-6H3,(H2,16,19). The Morgan fingerprint density at radius 2 is 1.37 bits per heavy atom. The van der Waals surface area contributed by atoms with Gasteiger partial charge in [0.05, 0.1) is 0 Å². The maximum absolute atomic E-state index is 12.0. The molecule has 1 aliphatic heterocycles. The number of carbonyl (C=O) groups is 1. The largest absolute Gasteiger partial charge is 0.368 e. The van der Waals surface area contributed by atoms with Crippen LogP contribution < -0.4 is 16.8 Å². The Bertz CT molecular complexity index is 360. The molecule has 19 heavy (non-hydrogen) atoms. The Morgan fingerprint density at radius 3 is 1.79 bits per heavy atom. The average molecular weight is 269 g/mol. The van der Waals surface area contributed by atoms with Gasteiger partial charge < -0.3 is 16.8 Å². The highest BCUT2D eigenvalue weighted by Crippen LogP contribution is 2.45. The molecule has 0 saturated carbocycles. The van der Waals surface area contributed by atoms with Crippen molar-refractivity contribution in [3.63, 3.8) is 0 Å². The molecule has 4 heteroatoms. The predicted molar refractivity (Wildman–Crippen MR) is 79.6 cm³/mol. The van der Waals surface area contributed by atoms with Crippen LogP contribution in [0.4, 0.5) is 0 Å². The summed E-state index contributed by atoms with van der Waals surface area (Å²) in [7, 11) is 0. The van der Waals surface area contributed by atoms with Crippen LogP contribution in [0.2, 0.25) is 0 Å². The molecule has 1 aliphatic rings. The second kappa shape index (κ2) is 4.74. The van der Waals surface area contributed by atoms with Gasteiger partial charge in [0.15, 0.2) is 0 Å². The lowest BCUT2D eigenvalue weighted by Gasteiger charge is -2.47. The molecule has 0 bridgehead atoms. The molecule has 1 heterocycles. The Labute approximate surface area is 117 Å². The lowest BCUT2D eigenvalue weighted by Crippen LogP contribution is -2.64. The third-order valence-electron chi connectivity index (χ3n) is 4.53. The maximum Gasteiger partial charge on any atom is 0.238 e. The van der Waals surface area contributed by atoms with Crippen LogP contribution in [0.5, 0.6) is 0 Å². The van der Waals surface area contributed by atoms with Crippen LogP contribution in [0.15, 0.2) is 0 Å². The zero-order valence-electron chi connectivity index (χ0n) is 13.4. The number of amides is 1. The second-order valence-electron chi connectivity index (χ2n) is 8.51. The molecular formula is C15H31N3O. The molecule has 1 saturated heterocycles. The van der Waals surface area contributed by atoms with Gasteiger partial charge in [0.1, 0.15) is 5.54 Å². The fourth-order valence-electron chi connectivity index (χ4n) is 3.63. The second-order valence-corrected chi connectivity index (χ2v) is 8.51. The summed E-state index contributed by atoms with van der Waals surface area (Å²) in [6.07, 6.45) is 1.47. The van der Waals surface area contributed by atoms with Crippen molar-refractivity contribution < 1.29 is 4.79 Å². The third-order valence-corrected chi connectivity index (χ3v) is 4.53. The van der Waals surface area contributed by atoms with Crippen LogP contribution in [0.25, 0.3) is 0 Å². The van der Waals surface area contributed by atoms with Gasteiger partial charge in [0.2, 0.25) is 5.91 Å². The highest BCUT2D eigenvalue weighted by Gasteiger charge is 2.51.